The molecular weight excluding hydrogens is 250 g/mol. The molecule has 0 saturated carbocycles. The second-order valence-corrected chi connectivity index (χ2v) is 5.94. The van der Waals surface area contributed by atoms with Gasteiger partial charge in [-0.15, -0.1) is 0 Å². The number of methoxy groups -OCH3 is 1. The molecule has 1 aromatic rings. The van der Waals surface area contributed by atoms with Crippen LogP contribution in [-0.4, -0.2) is 37.6 Å². The summed E-state index contributed by atoms with van der Waals surface area (Å²) in [5.41, 5.74) is 1.30. The molecule has 0 N–H and O–H groups in total. The molecule has 1 aliphatic rings. The SMILES string of the molecule is COC[C@@H](C)C[C@H]1CC(=O)N(CCc2ccccc2)C1. The normalized spacial score (nSPS) is 20.4. The molecule has 1 saturated heterocycles. The molecule has 0 aromatic heterocycles. The lowest BCUT2D eigenvalue weighted by atomic mass is 9.96. The molecule has 1 aromatic carbocycles. The number of rotatable bonds is 7. The van der Waals surface area contributed by atoms with Crippen LogP contribution in [0, 0.1) is 11.8 Å². The Morgan fingerprint density at radius 1 is 1.35 bits per heavy atom. The Balaban J connectivity index is 1.78. The van der Waals surface area contributed by atoms with Crippen LogP contribution in [0.25, 0.3) is 0 Å². The van der Waals surface area contributed by atoms with E-state index in [4.69, 9.17) is 4.74 Å². The highest BCUT2D eigenvalue weighted by atomic mass is 16.5. The van der Waals surface area contributed by atoms with Gasteiger partial charge in [-0.2, -0.15) is 0 Å². The second-order valence-electron chi connectivity index (χ2n) is 5.94. The lowest BCUT2D eigenvalue weighted by Gasteiger charge is -2.18. The Hall–Kier alpha value is -1.35. The number of nitrogens with zero attached hydrogens (tertiary/aromatic N) is 1. The summed E-state index contributed by atoms with van der Waals surface area (Å²) in [5, 5.41) is 0. The largest absolute Gasteiger partial charge is 0.384 e. The van der Waals surface area contributed by atoms with Gasteiger partial charge >= 0.3 is 0 Å². The molecule has 110 valence electrons. The van der Waals surface area contributed by atoms with Crippen molar-refractivity contribution in [1.82, 2.24) is 4.90 Å². The highest BCUT2D eigenvalue weighted by molar-refractivity contribution is 5.78. The maximum absolute atomic E-state index is 12.0. The zero-order valence-corrected chi connectivity index (χ0v) is 12.5. The van der Waals surface area contributed by atoms with Gasteiger partial charge in [0.25, 0.3) is 0 Å². The minimum atomic E-state index is 0.315. The number of hydrogen-bond donors (Lipinski definition) is 0. The third-order valence-electron chi connectivity index (χ3n) is 3.99. The number of carbonyl (C=O) groups excluding carboxylic acids is 1. The Kier molecular flexibility index (Phi) is 5.60. The van der Waals surface area contributed by atoms with Crippen LogP contribution in [0.5, 0.6) is 0 Å². The molecule has 0 unspecified atom stereocenters. The predicted octanol–water partition coefficient (Wildman–Crippen LogP) is 2.75. The fraction of sp³-hybridized carbons (Fsp3) is 0.588. The summed E-state index contributed by atoms with van der Waals surface area (Å²) in [4.78, 5) is 14.1. The predicted molar refractivity (Wildman–Crippen MR) is 80.5 cm³/mol. The van der Waals surface area contributed by atoms with E-state index in [-0.39, 0.29) is 0 Å². The van der Waals surface area contributed by atoms with Crippen molar-refractivity contribution in [3.8, 4) is 0 Å². The molecule has 0 spiro atoms. The molecule has 1 amide bonds. The van der Waals surface area contributed by atoms with Crippen molar-refractivity contribution in [2.75, 3.05) is 26.8 Å². The van der Waals surface area contributed by atoms with E-state index in [9.17, 15) is 4.79 Å². The maximum atomic E-state index is 12.0. The molecule has 1 fully saturated rings. The van der Waals surface area contributed by atoms with E-state index >= 15 is 0 Å². The molecule has 2 rings (SSSR count). The average molecular weight is 275 g/mol. The van der Waals surface area contributed by atoms with Gasteiger partial charge in [0.05, 0.1) is 0 Å². The van der Waals surface area contributed by atoms with Gasteiger partial charge < -0.3 is 9.64 Å². The number of amides is 1. The van der Waals surface area contributed by atoms with Crippen LogP contribution in [0.4, 0.5) is 0 Å². The van der Waals surface area contributed by atoms with Crippen molar-refractivity contribution in [3.05, 3.63) is 35.9 Å². The van der Waals surface area contributed by atoms with Crippen LogP contribution in [0.1, 0.15) is 25.3 Å². The Bertz CT molecular complexity index is 418. The molecule has 20 heavy (non-hydrogen) atoms. The van der Waals surface area contributed by atoms with E-state index in [1.165, 1.54) is 5.56 Å². The van der Waals surface area contributed by atoms with Gasteiger partial charge in [0.2, 0.25) is 5.91 Å². The summed E-state index contributed by atoms with van der Waals surface area (Å²) in [5.74, 6) is 1.35. The molecule has 0 aliphatic carbocycles. The number of hydrogen-bond acceptors (Lipinski definition) is 2. The lowest BCUT2D eigenvalue weighted by Crippen LogP contribution is -2.27. The second kappa shape index (κ2) is 7.44. The Morgan fingerprint density at radius 2 is 2.10 bits per heavy atom. The van der Waals surface area contributed by atoms with Crippen molar-refractivity contribution in [3.63, 3.8) is 0 Å². The third-order valence-corrected chi connectivity index (χ3v) is 3.99. The monoisotopic (exact) mass is 275 g/mol. The highest BCUT2D eigenvalue weighted by Crippen LogP contribution is 2.24. The van der Waals surface area contributed by atoms with Crippen molar-refractivity contribution < 1.29 is 9.53 Å². The van der Waals surface area contributed by atoms with Crippen molar-refractivity contribution >= 4 is 5.91 Å². The fourth-order valence-corrected chi connectivity index (χ4v) is 3.06. The van der Waals surface area contributed by atoms with E-state index in [2.05, 4.69) is 31.2 Å². The first-order valence-electron chi connectivity index (χ1n) is 7.49. The van der Waals surface area contributed by atoms with Gasteiger partial charge in [0, 0.05) is 33.2 Å². The Labute approximate surface area is 121 Å². The summed E-state index contributed by atoms with van der Waals surface area (Å²) < 4.78 is 5.17. The van der Waals surface area contributed by atoms with Crippen molar-refractivity contribution in [2.24, 2.45) is 11.8 Å². The van der Waals surface area contributed by atoms with Crippen LogP contribution in [0.3, 0.4) is 0 Å². The minimum absolute atomic E-state index is 0.315. The van der Waals surface area contributed by atoms with Gasteiger partial charge in [0.15, 0.2) is 0 Å². The van der Waals surface area contributed by atoms with E-state index in [0.717, 1.165) is 32.5 Å². The lowest BCUT2D eigenvalue weighted by molar-refractivity contribution is -0.127. The summed E-state index contributed by atoms with van der Waals surface area (Å²) in [6, 6.07) is 10.4. The van der Waals surface area contributed by atoms with Gasteiger partial charge in [-0.25, -0.2) is 0 Å². The Morgan fingerprint density at radius 3 is 2.80 bits per heavy atom. The molecule has 3 heteroatoms. The maximum Gasteiger partial charge on any atom is 0.222 e. The van der Waals surface area contributed by atoms with Gasteiger partial charge in [0.1, 0.15) is 0 Å². The molecule has 1 heterocycles. The third kappa shape index (κ3) is 4.34. The highest BCUT2D eigenvalue weighted by Gasteiger charge is 2.29. The average Bonchev–Trinajstić information content (AvgIpc) is 2.78. The molecule has 0 bridgehead atoms. The van der Waals surface area contributed by atoms with Crippen LogP contribution in [0.2, 0.25) is 0 Å². The number of carbonyl (C=O) groups is 1. The molecule has 0 radical (unpaired) electrons. The molecule has 2 atom stereocenters. The topological polar surface area (TPSA) is 29.5 Å². The number of likely N-dealkylation sites (tertiary alicyclic amines) is 1. The zero-order valence-electron chi connectivity index (χ0n) is 12.5. The van der Waals surface area contributed by atoms with Crippen LogP contribution in [-0.2, 0) is 16.0 Å². The molecular formula is C17H25NO2. The van der Waals surface area contributed by atoms with Gasteiger partial charge in [-0.05, 0) is 30.2 Å². The van der Waals surface area contributed by atoms with Gasteiger partial charge in [-0.3, -0.25) is 4.79 Å². The minimum Gasteiger partial charge on any atom is -0.384 e. The quantitative estimate of drug-likeness (QED) is 0.766. The summed E-state index contributed by atoms with van der Waals surface area (Å²) in [7, 11) is 1.74. The molecule has 3 nitrogen and oxygen atoms in total. The molecule has 1 aliphatic heterocycles. The van der Waals surface area contributed by atoms with Crippen LogP contribution in [0.15, 0.2) is 30.3 Å². The summed E-state index contributed by atoms with van der Waals surface area (Å²) in [6.07, 6.45) is 2.75. The van der Waals surface area contributed by atoms with E-state index in [1.807, 2.05) is 11.0 Å². The fourth-order valence-electron chi connectivity index (χ4n) is 3.06. The first-order valence-corrected chi connectivity index (χ1v) is 7.49. The van der Waals surface area contributed by atoms with E-state index < -0.39 is 0 Å². The van der Waals surface area contributed by atoms with Crippen LogP contribution < -0.4 is 0 Å². The number of benzene rings is 1. The van der Waals surface area contributed by atoms with Crippen molar-refractivity contribution in [1.29, 1.82) is 0 Å². The summed E-state index contributed by atoms with van der Waals surface area (Å²) in [6.45, 7) is 4.74. The van der Waals surface area contributed by atoms with Crippen LogP contribution >= 0.6 is 0 Å². The first-order chi connectivity index (χ1) is 9.69. The van der Waals surface area contributed by atoms with Crippen molar-refractivity contribution in [2.45, 2.75) is 26.2 Å². The van der Waals surface area contributed by atoms with E-state index in [1.54, 1.807) is 7.11 Å². The first kappa shape index (κ1) is 15.0. The smallest absolute Gasteiger partial charge is 0.222 e. The summed E-state index contributed by atoms with van der Waals surface area (Å²) >= 11 is 0. The standard InChI is InChI=1S/C17H25NO2/c1-14(13-20-2)10-16-11-17(19)18(12-16)9-8-15-6-4-3-5-7-15/h3-7,14,16H,8-13H2,1-2H3/t14-,16-/m0/s1. The zero-order chi connectivity index (χ0) is 14.4. The number of ether oxygens (including phenoxy) is 1. The van der Waals surface area contributed by atoms with E-state index in [0.29, 0.717) is 24.2 Å². The van der Waals surface area contributed by atoms with Gasteiger partial charge in [-0.1, -0.05) is 37.3 Å².